The maximum atomic E-state index is 9.22. The van der Waals surface area contributed by atoms with Crippen molar-refractivity contribution >= 4 is 23.3 Å². The molecule has 2 heterocycles. The van der Waals surface area contributed by atoms with Crippen molar-refractivity contribution in [2.45, 2.75) is 32.2 Å². The Bertz CT molecular complexity index is 729. The van der Waals surface area contributed by atoms with Gasteiger partial charge < -0.3 is 14.5 Å². The van der Waals surface area contributed by atoms with Gasteiger partial charge in [-0.15, -0.1) is 0 Å². The molecule has 0 spiro atoms. The standard InChI is InChI=1S/C16H20N4S/c1-2-8-19-9-6-13(7-10-19)20-14-5-3-4-12(11-17)15(14)18-16(20)21/h3-5,13H,2,6-10H2,1H3,(H,18,21). The zero-order valence-electron chi connectivity index (χ0n) is 12.3. The molecule has 21 heavy (non-hydrogen) atoms. The minimum absolute atomic E-state index is 0.438. The molecule has 5 heteroatoms. The van der Waals surface area contributed by atoms with Crippen molar-refractivity contribution < 1.29 is 0 Å². The zero-order chi connectivity index (χ0) is 14.8. The highest BCUT2D eigenvalue weighted by Crippen LogP contribution is 2.28. The molecule has 4 nitrogen and oxygen atoms in total. The van der Waals surface area contributed by atoms with Crippen LogP contribution in [-0.4, -0.2) is 34.1 Å². The normalized spacial score (nSPS) is 17.1. The number of aromatic amines is 1. The third-order valence-electron chi connectivity index (χ3n) is 4.34. The first-order chi connectivity index (χ1) is 10.2. The van der Waals surface area contributed by atoms with Crippen molar-refractivity contribution in [3.8, 4) is 6.07 Å². The summed E-state index contributed by atoms with van der Waals surface area (Å²) in [5, 5.41) is 9.22. The van der Waals surface area contributed by atoms with Crippen LogP contribution in [0.5, 0.6) is 0 Å². The number of imidazole rings is 1. The van der Waals surface area contributed by atoms with Crippen LogP contribution in [0.1, 0.15) is 37.8 Å². The lowest BCUT2D eigenvalue weighted by Crippen LogP contribution is -2.35. The van der Waals surface area contributed by atoms with E-state index in [-0.39, 0.29) is 0 Å². The van der Waals surface area contributed by atoms with E-state index in [1.54, 1.807) is 0 Å². The number of benzene rings is 1. The van der Waals surface area contributed by atoms with Crippen LogP contribution in [0.15, 0.2) is 18.2 Å². The summed E-state index contributed by atoms with van der Waals surface area (Å²) in [6.45, 7) is 5.67. The number of nitrogens with one attached hydrogen (secondary N) is 1. The second-order valence-corrected chi connectivity index (χ2v) is 6.07. The predicted octanol–water partition coefficient (Wildman–Crippen LogP) is 3.62. The molecule has 110 valence electrons. The number of hydrogen-bond donors (Lipinski definition) is 1. The van der Waals surface area contributed by atoms with Crippen molar-refractivity contribution in [3.63, 3.8) is 0 Å². The third kappa shape index (κ3) is 2.61. The average molecular weight is 300 g/mol. The Morgan fingerprint density at radius 1 is 1.38 bits per heavy atom. The molecule has 1 aliphatic rings. The van der Waals surface area contributed by atoms with Crippen LogP contribution < -0.4 is 0 Å². The van der Waals surface area contributed by atoms with Crippen molar-refractivity contribution in [2.75, 3.05) is 19.6 Å². The van der Waals surface area contributed by atoms with Crippen LogP contribution in [0.2, 0.25) is 0 Å². The highest BCUT2D eigenvalue weighted by molar-refractivity contribution is 7.71. The summed E-state index contributed by atoms with van der Waals surface area (Å²) >= 11 is 5.51. The van der Waals surface area contributed by atoms with Gasteiger partial charge in [-0.05, 0) is 50.2 Å². The Labute approximate surface area is 130 Å². The molecule has 0 radical (unpaired) electrons. The number of H-pyrrole nitrogens is 1. The molecular formula is C16H20N4S. The van der Waals surface area contributed by atoms with E-state index in [9.17, 15) is 5.26 Å². The van der Waals surface area contributed by atoms with Crippen LogP contribution in [-0.2, 0) is 0 Å². The summed E-state index contributed by atoms with van der Waals surface area (Å²) in [4.78, 5) is 5.75. The van der Waals surface area contributed by atoms with E-state index in [1.807, 2.05) is 12.1 Å². The predicted molar refractivity (Wildman–Crippen MR) is 86.8 cm³/mol. The van der Waals surface area contributed by atoms with Gasteiger partial charge in [0, 0.05) is 19.1 Å². The maximum Gasteiger partial charge on any atom is 0.178 e. The number of fused-ring (bicyclic) bond motifs is 1. The lowest BCUT2D eigenvalue weighted by molar-refractivity contribution is 0.188. The fourth-order valence-corrected chi connectivity index (χ4v) is 3.67. The molecule has 1 aromatic heterocycles. The molecule has 1 aliphatic heterocycles. The quantitative estimate of drug-likeness (QED) is 0.881. The third-order valence-corrected chi connectivity index (χ3v) is 4.63. The van der Waals surface area contributed by atoms with E-state index < -0.39 is 0 Å². The monoisotopic (exact) mass is 300 g/mol. The number of aromatic nitrogens is 2. The lowest BCUT2D eigenvalue weighted by Gasteiger charge is -2.32. The Balaban J connectivity index is 1.94. The summed E-state index contributed by atoms with van der Waals surface area (Å²) < 4.78 is 2.95. The molecule has 0 aliphatic carbocycles. The smallest absolute Gasteiger partial charge is 0.178 e. The number of nitrogens with zero attached hydrogens (tertiary/aromatic N) is 3. The topological polar surface area (TPSA) is 47.8 Å². The van der Waals surface area contributed by atoms with Crippen molar-refractivity contribution in [1.82, 2.24) is 14.5 Å². The van der Waals surface area contributed by atoms with Gasteiger partial charge in [0.25, 0.3) is 0 Å². The van der Waals surface area contributed by atoms with Crippen LogP contribution >= 0.6 is 12.2 Å². The SMILES string of the molecule is CCCN1CCC(n2c(=S)[nH]c3c(C#N)cccc32)CC1. The Morgan fingerprint density at radius 3 is 2.81 bits per heavy atom. The van der Waals surface area contributed by atoms with Gasteiger partial charge in [0.15, 0.2) is 4.77 Å². The number of piperidine rings is 1. The molecule has 0 bridgehead atoms. The summed E-state index contributed by atoms with van der Waals surface area (Å²) in [6, 6.07) is 8.50. The van der Waals surface area contributed by atoms with E-state index in [4.69, 9.17) is 12.2 Å². The van der Waals surface area contributed by atoms with Gasteiger partial charge in [0.1, 0.15) is 6.07 Å². The lowest BCUT2D eigenvalue weighted by atomic mass is 10.0. The van der Waals surface area contributed by atoms with Gasteiger partial charge >= 0.3 is 0 Å². The second-order valence-electron chi connectivity index (χ2n) is 5.68. The largest absolute Gasteiger partial charge is 0.329 e. The fourth-order valence-electron chi connectivity index (χ4n) is 3.32. The van der Waals surface area contributed by atoms with Crippen LogP contribution in [0.3, 0.4) is 0 Å². The highest BCUT2D eigenvalue weighted by Gasteiger charge is 2.22. The molecule has 1 N–H and O–H groups in total. The van der Waals surface area contributed by atoms with E-state index in [0.717, 1.165) is 41.7 Å². The van der Waals surface area contributed by atoms with Gasteiger partial charge in [0.05, 0.1) is 16.6 Å². The van der Waals surface area contributed by atoms with Gasteiger partial charge in [0.2, 0.25) is 0 Å². The minimum atomic E-state index is 0.438. The Morgan fingerprint density at radius 2 is 2.14 bits per heavy atom. The summed E-state index contributed by atoms with van der Waals surface area (Å²) in [5.74, 6) is 0. The summed E-state index contributed by atoms with van der Waals surface area (Å²) in [7, 11) is 0. The molecular weight excluding hydrogens is 280 g/mol. The van der Waals surface area contributed by atoms with Gasteiger partial charge in [-0.25, -0.2) is 0 Å². The minimum Gasteiger partial charge on any atom is -0.329 e. The number of nitriles is 1. The van der Waals surface area contributed by atoms with E-state index in [1.165, 1.54) is 13.0 Å². The Kier molecular flexibility index (Phi) is 4.09. The van der Waals surface area contributed by atoms with Crippen LogP contribution in [0.4, 0.5) is 0 Å². The van der Waals surface area contributed by atoms with E-state index >= 15 is 0 Å². The average Bonchev–Trinajstić information content (AvgIpc) is 2.84. The molecule has 2 aromatic rings. The summed E-state index contributed by atoms with van der Waals surface area (Å²) in [6.07, 6.45) is 3.46. The van der Waals surface area contributed by atoms with Crippen molar-refractivity contribution in [2.24, 2.45) is 0 Å². The van der Waals surface area contributed by atoms with Crippen LogP contribution in [0.25, 0.3) is 11.0 Å². The highest BCUT2D eigenvalue weighted by atomic mass is 32.1. The number of rotatable bonds is 3. The summed E-state index contributed by atoms with van der Waals surface area (Å²) in [5.41, 5.74) is 2.61. The molecule has 1 saturated heterocycles. The number of likely N-dealkylation sites (tertiary alicyclic amines) is 1. The zero-order valence-corrected chi connectivity index (χ0v) is 13.1. The molecule has 0 unspecified atom stereocenters. The molecule has 1 aromatic carbocycles. The molecule has 0 saturated carbocycles. The number of para-hydroxylation sites is 1. The fraction of sp³-hybridized carbons (Fsp3) is 0.500. The first kappa shape index (κ1) is 14.3. The van der Waals surface area contributed by atoms with Crippen LogP contribution in [0, 0.1) is 16.1 Å². The molecule has 1 fully saturated rings. The van der Waals surface area contributed by atoms with Crippen molar-refractivity contribution in [1.29, 1.82) is 5.26 Å². The molecule has 0 amide bonds. The van der Waals surface area contributed by atoms with Gasteiger partial charge in [-0.1, -0.05) is 13.0 Å². The van der Waals surface area contributed by atoms with E-state index in [2.05, 4.69) is 33.5 Å². The van der Waals surface area contributed by atoms with Crippen molar-refractivity contribution in [3.05, 3.63) is 28.5 Å². The number of hydrogen-bond acceptors (Lipinski definition) is 3. The maximum absolute atomic E-state index is 9.22. The molecule has 0 atom stereocenters. The molecule has 3 rings (SSSR count). The Hall–Kier alpha value is -1.64. The second kappa shape index (κ2) is 6.00. The van der Waals surface area contributed by atoms with E-state index in [0.29, 0.717) is 11.6 Å². The van der Waals surface area contributed by atoms with Gasteiger partial charge in [-0.3, -0.25) is 0 Å². The van der Waals surface area contributed by atoms with Gasteiger partial charge in [-0.2, -0.15) is 5.26 Å². The first-order valence-corrected chi connectivity index (χ1v) is 8.01. The first-order valence-electron chi connectivity index (χ1n) is 7.60.